The van der Waals surface area contributed by atoms with E-state index in [0.29, 0.717) is 13.0 Å². The summed E-state index contributed by atoms with van der Waals surface area (Å²) in [4.78, 5) is 33.1. The zero-order valence-corrected chi connectivity index (χ0v) is 12.3. The van der Waals surface area contributed by atoms with Gasteiger partial charge < -0.3 is 14.7 Å². The molecule has 0 radical (unpaired) electrons. The van der Waals surface area contributed by atoms with Gasteiger partial charge in [-0.25, -0.2) is 9.97 Å². The van der Waals surface area contributed by atoms with Crippen molar-refractivity contribution in [2.45, 2.75) is 19.4 Å². The molecule has 2 atom stereocenters. The van der Waals surface area contributed by atoms with Crippen LogP contribution in [0.4, 0.5) is 0 Å². The summed E-state index contributed by atoms with van der Waals surface area (Å²) in [6.45, 7) is 2.67. The molecule has 0 bridgehead atoms. The zero-order valence-electron chi connectivity index (χ0n) is 11.5. The van der Waals surface area contributed by atoms with Gasteiger partial charge in [0.25, 0.3) is 5.91 Å². The van der Waals surface area contributed by atoms with Gasteiger partial charge in [-0.3, -0.25) is 9.59 Å². The second-order valence-corrected chi connectivity index (χ2v) is 5.16. The quantitative estimate of drug-likeness (QED) is 0.874. The van der Waals surface area contributed by atoms with E-state index in [2.05, 4.69) is 9.97 Å². The molecule has 7 nitrogen and oxygen atoms in total. The Bertz CT molecular complexity index is 523. The van der Waals surface area contributed by atoms with E-state index in [4.69, 9.17) is 16.3 Å². The molecule has 0 aromatic carbocycles. The minimum absolute atomic E-state index is 0.111. The smallest absolute Gasteiger partial charge is 0.311 e. The van der Waals surface area contributed by atoms with Crippen molar-refractivity contribution in [3.8, 4) is 0 Å². The molecule has 1 aromatic rings. The van der Waals surface area contributed by atoms with Crippen LogP contribution in [0.2, 0.25) is 5.15 Å². The number of ether oxygens (including phenoxy) is 1. The zero-order chi connectivity index (χ0) is 15.4. The lowest BCUT2D eigenvalue weighted by atomic mass is 10.0. The molecule has 21 heavy (non-hydrogen) atoms. The van der Waals surface area contributed by atoms with Gasteiger partial charge in [0.2, 0.25) is 0 Å². The maximum absolute atomic E-state index is 12.5. The predicted molar refractivity (Wildman–Crippen MR) is 74.1 cm³/mol. The third-order valence-corrected chi connectivity index (χ3v) is 3.53. The Morgan fingerprint density at radius 1 is 1.43 bits per heavy atom. The monoisotopic (exact) mass is 313 g/mol. The molecule has 114 valence electrons. The third kappa shape index (κ3) is 3.48. The van der Waals surface area contributed by atoms with Crippen molar-refractivity contribution in [3.63, 3.8) is 0 Å². The molecule has 1 aliphatic rings. The highest BCUT2D eigenvalue weighted by atomic mass is 35.5. The Morgan fingerprint density at radius 3 is 2.76 bits per heavy atom. The van der Waals surface area contributed by atoms with Crippen LogP contribution in [0.3, 0.4) is 0 Å². The Labute approximate surface area is 126 Å². The number of hydrogen-bond donors (Lipinski definition) is 1. The molecule has 2 rings (SSSR count). The minimum Gasteiger partial charge on any atom is -0.481 e. The van der Waals surface area contributed by atoms with E-state index in [1.54, 1.807) is 0 Å². The summed E-state index contributed by atoms with van der Waals surface area (Å²) < 4.78 is 5.23. The molecule has 2 unspecified atom stereocenters. The van der Waals surface area contributed by atoms with Gasteiger partial charge in [-0.2, -0.15) is 0 Å². The summed E-state index contributed by atoms with van der Waals surface area (Å²) in [5.41, 5.74) is 0.142. The number of amides is 1. The fraction of sp³-hybridized carbons (Fsp3) is 0.538. The van der Waals surface area contributed by atoms with E-state index >= 15 is 0 Å². The van der Waals surface area contributed by atoms with Gasteiger partial charge in [-0.15, -0.1) is 0 Å². The second-order valence-electron chi connectivity index (χ2n) is 4.77. The first kappa shape index (κ1) is 15.7. The molecule has 0 saturated carbocycles. The molecule has 8 heteroatoms. The molecule has 1 aliphatic heterocycles. The van der Waals surface area contributed by atoms with Crippen LogP contribution in [0.25, 0.3) is 0 Å². The van der Waals surface area contributed by atoms with Gasteiger partial charge in [0.1, 0.15) is 16.8 Å². The molecular formula is C13H16ClN3O4. The number of carbonyl (C=O) groups excluding carboxylic acids is 1. The average Bonchev–Trinajstić information content (AvgIpc) is 2.94. The van der Waals surface area contributed by atoms with Crippen molar-refractivity contribution in [1.82, 2.24) is 14.9 Å². The van der Waals surface area contributed by atoms with Crippen LogP contribution in [0.1, 0.15) is 23.8 Å². The number of carboxylic acid groups (broad SMARTS) is 1. The summed E-state index contributed by atoms with van der Waals surface area (Å²) in [5.74, 6) is -2.04. The highest BCUT2D eigenvalue weighted by molar-refractivity contribution is 6.29. The first-order valence-electron chi connectivity index (χ1n) is 6.63. The maximum Gasteiger partial charge on any atom is 0.311 e. The molecule has 1 saturated heterocycles. The van der Waals surface area contributed by atoms with Crippen LogP contribution in [-0.2, 0) is 9.53 Å². The molecule has 0 aliphatic carbocycles. The van der Waals surface area contributed by atoms with Crippen molar-refractivity contribution in [3.05, 3.63) is 23.2 Å². The first-order chi connectivity index (χ1) is 10.0. The van der Waals surface area contributed by atoms with Crippen molar-refractivity contribution < 1.29 is 19.4 Å². The summed E-state index contributed by atoms with van der Waals surface area (Å²) in [6, 6.07) is -0.493. The highest BCUT2D eigenvalue weighted by Gasteiger charge is 2.40. The van der Waals surface area contributed by atoms with Crippen LogP contribution < -0.4 is 0 Å². The Morgan fingerprint density at radius 2 is 2.19 bits per heavy atom. The lowest BCUT2D eigenvalue weighted by Gasteiger charge is -2.29. The Hall–Kier alpha value is -1.73. The lowest BCUT2D eigenvalue weighted by Crippen LogP contribution is -2.47. The fourth-order valence-corrected chi connectivity index (χ4v) is 2.41. The van der Waals surface area contributed by atoms with Gasteiger partial charge in [0, 0.05) is 6.54 Å². The van der Waals surface area contributed by atoms with Crippen LogP contribution >= 0.6 is 11.6 Å². The number of aliphatic carboxylic acids is 1. The van der Waals surface area contributed by atoms with E-state index in [-0.39, 0.29) is 30.0 Å². The number of aromatic nitrogens is 2. The lowest BCUT2D eigenvalue weighted by molar-refractivity contribution is -0.142. The molecule has 1 aromatic heterocycles. The fourth-order valence-electron chi connectivity index (χ4n) is 2.31. The molecule has 1 N–H and O–H groups in total. The van der Waals surface area contributed by atoms with E-state index in [1.165, 1.54) is 17.3 Å². The largest absolute Gasteiger partial charge is 0.481 e. The molecular weight excluding hydrogens is 298 g/mol. The number of carboxylic acids is 1. The van der Waals surface area contributed by atoms with Gasteiger partial charge in [0.15, 0.2) is 0 Å². The van der Waals surface area contributed by atoms with E-state index in [1.807, 2.05) is 6.92 Å². The minimum atomic E-state index is -0.964. The molecule has 1 fully saturated rings. The molecule has 2 heterocycles. The number of hydrogen-bond acceptors (Lipinski definition) is 5. The van der Waals surface area contributed by atoms with E-state index in [9.17, 15) is 14.7 Å². The number of carbonyl (C=O) groups is 2. The third-order valence-electron chi connectivity index (χ3n) is 3.33. The predicted octanol–water partition coefficient (Wildman–Crippen LogP) is 1.08. The van der Waals surface area contributed by atoms with E-state index < -0.39 is 17.9 Å². The normalized spacial score (nSPS) is 21.2. The van der Waals surface area contributed by atoms with Gasteiger partial charge in [-0.1, -0.05) is 18.5 Å². The first-order valence-corrected chi connectivity index (χ1v) is 7.01. The molecule has 1 amide bonds. The maximum atomic E-state index is 12.5. The van der Waals surface area contributed by atoms with Crippen LogP contribution in [0.15, 0.2) is 12.4 Å². The van der Waals surface area contributed by atoms with Crippen LogP contribution in [-0.4, -0.2) is 57.7 Å². The van der Waals surface area contributed by atoms with Crippen molar-refractivity contribution in [2.24, 2.45) is 5.92 Å². The van der Waals surface area contributed by atoms with E-state index in [0.717, 1.165) is 0 Å². The summed E-state index contributed by atoms with van der Waals surface area (Å²) in [6.07, 6.45) is 3.28. The molecule has 0 spiro atoms. The van der Waals surface area contributed by atoms with Crippen LogP contribution in [0.5, 0.6) is 0 Å². The summed E-state index contributed by atoms with van der Waals surface area (Å²) in [5, 5.41) is 9.42. The topological polar surface area (TPSA) is 92.6 Å². The SMILES string of the molecule is CCCN(C(=O)c1cnc(Cl)cn1)C1COCC1C(=O)O. The summed E-state index contributed by atoms with van der Waals surface area (Å²) >= 11 is 5.65. The summed E-state index contributed by atoms with van der Waals surface area (Å²) in [7, 11) is 0. The number of nitrogens with zero attached hydrogens (tertiary/aromatic N) is 3. The Kier molecular flexibility index (Phi) is 5.08. The van der Waals surface area contributed by atoms with Crippen molar-refractivity contribution in [1.29, 1.82) is 0 Å². The number of halogens is 1. The standard InChI is InChI=1S/C13H16ClN3O4/c1-2-3-17(10-7-21-6-8(10)13(19)20)12(18)9-4-16-11(14)5-15-9/h4-5,8,10H,2-3,6-7H2,1H3,(H,19,20). The van der Waals surface area contributed by atoms with Crippen molar-refractivity contribution in [2.75, 3.05) is 19.8 Å². The second kappa shape index (κ2) is 6.82. The van der Waals surface area contributed by atoms with Crippen LogP contribution in [0, 0.1) is 5.92 Å². The highest BCUT2D eigenvalue weighted by Crippen LogP contribution is 2.22. The average molecular weight is 314 g/mol. The number of rotatable bonds is 5. The van der Waals surface area contributed by atoms with Crippen molar-refractivity contribution >= 4 is 23.5 Å². The Balaban J connectivity index is 2.23. The van der Waals surface area contributed by atoms with Gasteiger partial charge >= 0.3 is 5.97 Å². The van der Waals surface area contributed by atoms with Gasteiger partial charge in [-0.05, 0) is 6.42 Å². The van der Waals surface area contributed by atoms with Gasteiger partial charge in [0.05, 0.1) is 31.6 Å².